The van der Waals surface area contributed by atoms with Crippen molar-refractivity contribution in [2.24, 2.45) is 5.92 Å². The van der Waals surface area contributed by atoms with Gasteiger partial charge < -0.3 is 20.5 Å². The molecule has 0 spiro atoms. The van der Waals surface area contributed by atoms with Crippen molar-refractivity contribution in [3.8, 4) is 17.0 Å². The summed E-state index contributed by atoms with van der Waals surface area (Å²) in [7, 11) is 0. The van der Waals surface area contributed by atoms with Crippen LogP contribution in [0.3, 0.4) is 0 Å². The molecule has 0 saturated heterocycles. The van der Waals surface area contributed by atoms with Gasteiger partial charge in [0.15, 0.2) is 0 Å². The minimum Gasteiger partial charge on any atom is -0.481 e. The van der Waals surface area contributed by atoms with E-state index < -0.39 is 12.6 Å². The van der Waals surface area contributed by atoms with E-state index in [2.05, 4.69) is 29.5 Å². The number of amides is 1. The SMILES string of the molecule is CC(C)CC(COc1ccc(-c2ccc(CF)cc2Cl)cn1)Nc1ccc(C(=O)NCCC(=O)O)cc1. The number of carbonyl (C=O) groups is 2. The lowest BCUT2D eigenvalue weighted by molar-refractivity contribution is -0.136. The number of hydrogen-bond acceptors (Lipinski definition) is 5. The highest BCUT2D eigenvalue weighted by Crippen LogP contribution is 2.29. The topological polar surface area (TPSA) is 101 Å². The zero-order valence-electron chi connectivity index (χ0n) is 20.8. The Morgan fingerprint density at radius 3 is 2.46 bits per heavy atom. The molecule has 1 unspecified atom stereocenters. The van der Waals surface area contributed by atoms with Crippen LogP contribution in [0.2, 0.25) is 5.02 Å². The number of carboxylic acid groups (broad SMARTS) is 1. The van der Waals surface area contributed by atoms with E-state index in [1.165, 1.54) is 0 Å². The summed E-state index contributed by atoms with van der Waals surface area (Å²) in [5, 5.41) is 15.2. The molecule has 0 aliphatic rings. The molecule has 1 amide bonds. The molecule has 2 aromatic carbocycles. The molecule has 0 aliphatic carbocycles. The third-order valence-electron chi connectivity index (χ3n) is 5.57. The molecule has 37 heavy (non-hydrogen) atoms. The summed E-state index contributed by atoms with van der Waals surface area (Å²) in [4.78, 5) is 27.2. The molecule has 1 heterocycles. The lowest BCUT2D eigenvalue weighted by Gasteiger charge is -2.22. The van der Waals surface area contributed by atoms with Crippen molar-refractivity contribution in [2.75, 3.05) is 18.5 Å². The van der Waals surface area contributed by atoms with Gasteiger partial charge >= 0.3 is 5.97 Å². The smallest absolute Gasteiger partial charge is 0.305 e. The third-order valence-corrected chi connectivity index (χ3v) is 5.88. The van der Waals surface area contributed by atoms with Crippen LogP contribution < -0.4 is 15.4 Å². The summed E-state index contributed by atoms with van der Waals surface area (Å²) >= 11 is 6.29. The summed E-state index contributed by atoms with van der Waals surface area (Å²) < 4.78 is 18.8. The van der Waals surface area contributed by atoms with Crippen molar-refractivity contribution >= 4 is 29.2 Å². The normalized spacial score (nSPS) is 11.7. The van der Waals surface area contributed by atoms with Crippen molar-refractivity contribution in [3.05, 3.63) is 76.9 Å². The second-order valence-electron chi connectivity index (χ2n) is 9.09. The molecule has 3 aromatic rings. The molecular weight excluding hydrogens is 497 g/mol. The Morgan fingerprint density at radius 1 is 1.11 bits per heavy atom. The van der Waals surface area contributed by atoms with Gasteiger partial charge in [0.25, 0.3) is 5.91 Å². The minimum atomic E-state index is -0.960. The van der Waals surface area contributed by atoms with Crippen LogP contribution in [0.25, 0.3) is 11.1 Å². The van der Waals surface area contributed by atoms with E-state index >= 15 is 0 Å². The van der Waals surface area contributed by atoms with Gasteiger partial charge in [0.2, 0.25) is 5.88 Å². The number of hydrogen-bond donors (Lipinski definition) is 3. The number of nitrogens with zero attached hydrogens (tertiary/aromatic N) is 1. The van der Waals surface area contributed by atoms with Gasteiger partial charge in [-0.1, -0.05) is 37.6 Å². The molecule has 0 bridgehead atoms. The Kier molecular flexibility index (Phi) is 10.3. The highest BCUT2D eigenvalue weighted by Gasteiger charge is 2.14. The van der Waals surface area contributed by atoms with Crippen LogP contribution in [0.1, 0.15) is 42.6 Å². The molecule has 3 rings (SSSR count). The Labute approximate surface area is 221 Å². The van der Waals surface area contributed by atoms with Crippen LogP contribution in [0.4, 0.5) is 10.1 Å². The van der Waals surface area contributed by atoms with E-state index in [1.54, 1.807) is 42.6 Å². The first kappa shape index (κ1) is 27.9. The molecule has 0 fully saturated rings. The number of pyridine rings is 1. The first-order valence-corrected chi connectivity index (χ1v) is 12.4. The molecule has 7 nitrogen and oxygen atoms in total. The van der Waals surface area contributed by atoms with Gasteiger partial charge in [-0.25, -0.2) is 9.37 Å². The van der Waals surface area contributed by atoms with Crippen molar-refractivity contribution in [1.82, 2.24) is 10.3 Å². The number of anilines is 1. The molecule has 3 N–H and O–H groups in total. The maximum Gasteiger partial charge on any atom is 0.305 e. The van der Waals surface area contributed by atoms with Gasteiger partial charge in [-0.05, 0) is 54.3 Å². The predicted octanol–water partition coefficient (Wildman–Crippen LogP) is 5.98. The molecule has 9 heteroatoms. The van der Waals surface area contributed by atoms with Crippen LogP contribution >= 0.6 is 11.6 Å². The zero-order chi connectivity index (χ0) is 26.8. The van der Waals surface area contributed by atoms with Crippen LogP contribution in [-0.4, -0.2) is 41.2 Å². The fraction of sp³-hybridized carbons (Fsp3) is 0.321. The number of aliphatic carboxylic acids is 1. The average Bonchev–Trinajstić information content (AvgIpc) is 2.87. The monoisotopic (exact) mass is 527 g/mol. The lowest BCUT2D eigenvalue weighted by Crippen LogP contribution is -2.29. The molecule has 1 aromatic heterocycles. The maximum absolute atomic E-state index is 12.8. The number of ether oxygens (including phenoxy) is 1. The van der Waals surface area contributed by atoms with E-state index in [4.69, 9.17) is 21.4 Å². The number of benzene rings is 2. The first-order valence-electron chi connectivity index (χ1n) is 12.1. The fourth-order valence-corrected chi connectivity index (χ4v) is 4.08. The molecule has 196 valence electrons. The van der Waals surface area contributed by atoms with Crippen molar-refractivity contribution < 1.29 is 23.8 Å². The summed E-state index contributed by atoms with van der Waals surface area (Å²) in [5.41, 5.74) is 3.41. The highest BCUT2D eigenvalue weighted by atomic mass is 35.5. The minimum absolute atomic E-state index is 0.000547. The molecule has 0 aliphatic heterocycles. The Balaban J connectivity index is 1.59. The van der Waals surface area contributed by atoms with E-state index in [9.17, 15) is 14.0 Å². The van der Waals surface area contributed by atoms with E-state index in [0.29, 0.717) is 34.6 Å². The van der Waals surface area contributed by atoms with Crippen LogP contribution in [0.5, 0.6) is 5.88 Å². The largest absolute Gasteiger partial charge is 0.481 e. The second-order valence-corrected chi connectivity index (χ2v) is 9.50. The van der Waals surface area contributed by atoms with Crippen LogP contribution in [0, 0.1) is 5.92 Å². The number of nitrogens with one attached hydrogen (secondary N) is 2. The number of rotatable bonds is 13. The Morgan fingerprint density at radius 2 is 1.86 bits per heavy atom. The van der Waals surface area contributed by atoms with Gasteiger partial charge in [0, 0.05) is 46.2 Å². The van der Waals surface area contributed by atoms with Crippen molar-refractivity contribution in [1.29, 1.82) is 0 Å². The number of carboxylic acids is 1. The van der Waals surface area contributed by atoms with Crippen molar-refractivity contribution in [2.45, 2.75) is 39.4 Å². The first-order chi connectivity index (χ1) is 17.7. The Bertz CT molecular complexity index is 1190. The number of alkyl halides is 1. The molecule has 0 radical (unpaired) electrons. The quantitative estimate of drug-likeness (QED) is 0.253. The van der Waals surface area contributed by atoms with Gasteiger partial charge in [-0.15, -0.1) is 0 Å². The van der Waals surface area contributed by atoms with Gasteiger partial charge in [0.1, 0.15) is 13.3 Å². The van der Waals surface area contributed by atoms with Crippen LogP contribution in [0.15, 0.2) is 60.8 Å². The fourth-order valence-electron chi connectivity index (χ4n) is 3.76. The van der Waals surface area contributed by atoms with Gasteiger partial charge in [-0.2, -0.15) is 0 Å². The predicted molar refractivity (Wildman–Crippen MR) is 143 cm³/mol. The molecular formula is C28H31ClFN3O4. The summed E-state index contributed by atoms with van der Waals surface area (Å²) in [6, 6.07) is 15.7. The standard InChI is InChI=1S/C28H31ClFN3O4/c1-18(2)13-23(33-22-7-4-20(5-8-22)28(36)31-12-11-27(34)35)17-37-26-10-6-21(16-32-26)24-9-3-19(15-30)14-25(24)29/h3-10,14,16,18,23,33H,11-13,15,17H2,1-2H3,(H,31,36)(H,34,35). The highest BCUT2D eigenvalue weighted by molar-refractivity contribution is 6.33. The summed E-state index contributed by atoms with van der Waals surface area (Å²) in [6.45, 7) is 4.16. The van der Waals surface area contributed by atoms with Gasteiger partial charge in [0.05, 0.1) is 12.5 Å². The summed E-state index contributed by atoms with van der Waals surface area (Å²) in [5.74, 6) is -0.378. The van der Waals surface area contributed by atoms with E-state index in [-0.39, 0.29) is 24.9 Å². The van der Waals surface area contributed by atoms with E-state index in [0.717, 1.165) is 23.2 Å². The second kappa shape index (κ2) is 13.6. The third kappa shape index (κ3) is 8.75. The average molecular weight is 528 g/mol. The van der Waals surface area contributed by atoms with Crippen molar-refractivity contribution in [3.63, 3.8) is 0 Å². The van der Waals surface area contributed by atoms with Gasteiger partial charge in [-0.3, -0.25) is 9.59 Å². The summed E-state index contributed by atoms with van der Waals surface area (Å²) in [6.07, 6.45) is 2.41. The van der Waals surface area contributed by atoms with E-state index in [1.807, 2.05) is 18.2 Å². The molecule has 1 atom stereocenters. The van der Waals surface area contributed by atoms with Crippen LogP contribution in [-0.2, 0) is 11.5 Å². The number of aromatic nitrogens is 1. The molecule has 0 saturated carbocycles. The zero-order valence-corrected chi connectivity index (χ0v) is 21.6. The number of halogens is 2. The maximum atomic E-state index is 12.8. The Hall–Kier alpha value is -3.65. The lowest BCUT2D eigenvalue weighted by atomic mass is 10.0. The number of carbonyl (C=O) groups excluding carboxylic acids is 1.